The summed E-state index contributed by atoms with van der Waals surface area (Å²) >= 11 is 0.819. The number of aromatic amines is 1. The number of carbonyl (C=O) groups excluding carboxylic acids is 15. The molecule has 15 amide bonds. The normalized spacial score (nSPS) is 22.1. The number of carboxylic acids is 2. The van der Waals surface area contributed by atoms with E-state index in [4.69, 9.17) is 5.73 Å². The maximum atomic E-state index is 15.5. The first kappa shape index (κ1) is 99.9. The van der Waals surface area contributed by atoms with E-state index in [0.717, 1.165) is 36.3 Å². The number of unbranched alkanes of at least 4 members (excludes halogenated alkanes) is 1. The zero-order valence-electron chi connectivity index (χ0n) is 72.4. The molecule has 1 aliphatic rings. The third-order valence-electron chi connectivity index (χ3n) is 21.3. The highest BCUT2D eigenvalue weighted by Crippen LogP contribution is 2.24. The topological polar surface area (TPSA) is 517 Å². The van der Waals surface area contributed by atoms with Gasteiger partial charge >= 0.3 is 11.9 Å². The number of aromatic nitrogens is 1. The molecule has 1 unspecified atom stereocenters. The molecule has 1 aromatic heterocycles. The van der Waals surface area contributed by atoms with Crippen LogP contribution in [0, 0.1) is 11.8 Å². The van der Waals surface area contributed by atoms with Crippen LogP contribution < -0.4 is 53.6 Å². The van der Waals surface area contributed by atoms with Gasteiger partial charge in [0.2, 0.25) is 88.6 Å². The summed E-state index contributed by atoms with van der Waals surface area (Å²) in [6, 6.07) is 20.8. The van der Waals surface area contributed by atoms with Gasteiger partial charge in [-0.05, 0) is 77.1 Å². The Bertz CT molecular complexity index is 4810. The Hall–Kier alpha value is -13.2. The van der Waals surface area contributed by atoms with Gasteiger partial charge in [-0.1, -0.05) is 169 Å². The number of hydrogen-bond acceptors (Lipinski definition) is 19. The number of fused-ring (bicyclic) bond motifs is 1. The van der Waals surface area contributed by atoms with Crippen LogP contribution in [0.25, 0.3) is 10.9 Å². The first-order chi connectivity index (χ1) is 59.8. The fraction of sp³-hybridized carbons (Fsp3) is 0.449. The summed E-state index contributed by atoms with van der Waals surface area (Å²) in [5.74, 6) is -19.3. The lowest BCUT2D eigenvalue weighted by Crippen LogP contribution is -2.61. The average Bonchev–Trinajstić information content (AvgIpc) is 1.79. The largest absolute Gasteiger partial charge is 0.508 e. The quantitative estimate of drug-likeness (QED) is 0.0405. The van der Waals surface area contributed by atoms with Crippen LogP contribution in [0.4, 0.5) is 0 Å². The minimum Gasteiger partial charge on any atom is -0.508 e. The zero-order chi connectivity index (χ0) is 92.6. The van der Waals surface area contributed by atoms with Gasteiger partial charge in [0.1, 0.15) is 72.2 Å². The van der Waals surface area contributed by atoms with E-state index < -0.39 is 223 Å². The summed E-state index contributed by atoms with van der Waals surface area (Å²) in [4.78, 5) is 254. The van der Waals surface area contributed by atoms with E-state index in [1.807, 2.05) is 6.92 Å². The van der Waals surface area contributed by atoms with E-state index in [2.05, 4.69) is 52.8 Å². The lowest BCUT2D eigenvalue weighted by molar-refractivity contribution is -0.151. The van der Waals surface area contributed by atoms with Crippen molar-refractivity contribution >= 4 is 123 Å². The van der Waals surface area contributed by atoms with E-state index in [-0.39, 0.29) is 56.6 Å². The number of phenols is 1. The van der Waals surface area contributed by atoms with E-state index >= 15 is 28.8 Å². The van der Waals surface area contributed by atoms with Crippen molar-refractivity contribution in [1.29, 1.82) is 0 Å². The number of carbonyl (C=O) groups is 17. The fourth-order valence-electron chi connectivity index (χ4n) is 14.4. The molecular formula is C89H116N16O20S. The predicted octanol–water partition coefficient (Wildman–Crippen LogP) is 1.24. The number of nitrogens with two attached hydrogens (primary N) is 1. The van der Waals surface area contributed by atoms with Crippen LogP contribution in [0.2, 0.25) is 0 Å². The summed E-state index contributed by atoms with van der Waals surface area (Å²) in [5.41, 5.74) is 8.57. The monoisotopic (exact) mass is 1760 g/mol. The molecule has 7 rings (SSSR count). The Kier molecular flexibility index (Phi) is 38.6. The predicted molar refractivity (Wildman–Crippen MR) is 467 cm³/mol. The van der Waals surface area contributed by atoms with Crippen molar-refractivity contribution in [2.75, 3.05) is 66.4 Å². The Morgan fingerprint density at radius 2 is 0.960 bits per heavy atom. The van der Waals surface area contributed by atoms with Gasteiger partial charge < -0.3 is 98.4 Å². The number of benzene rings is 5. The fourth-order valence-corrected chi connectivity index (χ4v) is 15.3. The van der Waals surface area contributed by atoms with Gasteiger partial charge in [0, 0.05) is 96.6 Å². The molecule has 36 nitrogen and oxygen atoms in total. The number of H-pyrrole nitrogens is 1. The van der Waals surface area contributed by atoms with Gasteiger partial charge in [-0.3, -0.25) is 81.5 Å². The van der Waals surface area contributed by atoms with Gasteiger partial charge in [-0.15, -0.1) is 11.8 Å². The third kappa shape index (κ3) is 30.6. The molecule has 11 atom stereocenters. The first-order valence-corrected chi connectivity index (χ1v) is 42.7. The number of nitrogens with one attached hydrogen (secondary N) is 10. The van der Waals surface area contributed by atoms with Crippen molar-refractivity contribution < 1.29 is 96.8 Å². The number of aliphatic carboxylic acids is 2. The Labute approximate surface area is 735 Å². The van der Waals surface area contributed by atoms with Gasteiger partial charge in [0.15, 0.2) is 0 Å². The van der Waals surface area contributed by atoms with E-state index in [1.165, 1.54) is 73.4 Å². The number of thioether (sulfide) groups is 1. The van der Waals surface area contributed by atoms with Crippen LogP contribution in [0.5, 0.6) is 5.75 Å². The maximum Gasteiger partial charge on any atom is 0.305 e. The standard InChI is InChI=1S/C89H116N16O20S/c1-11-12-32-69-87(123)102(7)49-74(109)94-66(45-77(113)114)83(119)100-78(53(4)5)89(125)104(9)70(42-55-26-18-14-19-27-55)84(120)96-62(37-38-76(111)112)85(121)101(6)48-73(108)93-65(44-58-46-91-61-31-23-22-30-60(58)61)82(118)98-64(40-57-33-35-59(106)36-34-57)81(117)97-63(39-52(2)3)80(116)99-68(79(115)92-47-72(90)107)50-126-51-75(110)95-67(41-54-24-16-13-17-25-54)86(122)105(10)71(88(124)103(69)8)43-56-28-20-15-21-29-56/h13-31,33-36,46,52-53,62-71,78,91,106H,11-12,32,37-45,47-51H2,1-10H3,(H2,90,107)(H,92,115)(H,93,108)(H,94,109)(H,95,110)(H,96,120)(H,97,117)(H,98,118)(H,99,116)(H,100,119)(H,111,112)(H,113,114)/t62?,63-,64-,65-,66-,67-,68-,69-,70-,71-,78-/m0/s1. The van der Waals surface area contributed by atoms with Gasteiger partial charge in [0.25, 0.3) is 0 Å². The molecule has 1 aliphatic heterocycles. The molecule has 0 aliphatic carbocycles. The number of aromatic hydroxyl groups is 1. The third-order valence-corrected chi connectivity index (χ3v) is 22.4. The molecule has 126 heavy (non-hydrogen) atoms. The van der Waals surface area contributed by atoms with Crippen LogP contribution in [0.15, 0.2) is 146 Å². The number of phenolic OH excluding ortho intramolecular Hbond substituents is 1. The lowest BCUT2D eigenvalue weighted by atomic mass is 9.98. The second-order valence-corrected chi connectivity index (χ2v) is 33.2. The SMILES string of the molecule is CCCC[C@H]1C(=O)N(C)CC(=O)N[C@@H](CC(=O)O)C(=O)N[C@@H](C(C)C)C(=O)N(C)[C@@H](Cc2ccccc2)C(=O)NC(CCC(=O)O)C(=O)N(C)CC(=O)N[C@@H](Cc2c[nH]c3ccccc23)C(=O)N[C@@H](Cc2ccc(O)cc2)C(=O)N[C@@H](CC(C)C)C(=O)N[C@H](C(=O)NCC(N)=O)CSCC(=O)N[C@@H](Cc2ccccc2)C(=O)N(C)[C@@H](Cc2ccccc2)C(=O)N1C. The van der Waals surface area contributed by atoms with Gasteiger partial charge in [0.05, 0.1) is 31.8 Å². The van der Waals surface area contributed by atoms with Gasteiger partial charge in [-0.2, -0.15) is 0 Å². The van der Waals surface area contributed by atoms with Crippen molar-refractivity contribution in [1.82, 2.24) is 77.3 Å². The molecule has 0 radical (unpaired) electrons. The van der Waals surface area contributed by atoms with Crippen LogP contribution in [0.3, 0.4) is 0 Å². The van der Waals surface area contributed by atoms with Crippen molar-refractivity contribution in [2.24, 2.45) is 17.6 Å². The number of nitrogens with zero attached hydrogens (tertiary/aromatic N) is 5. The molecule has 0 saturated carbocycles. The average molecular weight is 1760 g/mol. The van der Waals surface area contributed by atoms with E-state index in [9.17, 15) is 68.1 Å². The Balaban J connectivity index is 1.32. The molecule has 2 heterocycles. The molecule has 678 valence electrons. The minimum absolute atomic E-state index is 0.0209. The second kappa shape index (κ2) is 48.7. The highest BCUT2D eigenvalue weighted by atomic mass is 32.2. The van der Waals surface area contributed by atoms with Crippen molar-refractivity contribution in [3.05, 3.63) is 174 Å². The Morgan fingerprint density at radius 1 is 0.476 bits per heavy atom. The van der Waals surface area contributed by atoms with Crippen LogP contribution in [-0.4, -0.2) is 278 Å². The van der Waals surface area contributed by atoms with E-state index in [1.54, 1.807) is 135 Å². The van der Waals surface area contributed by atoms with Crippen LogP contribution in [-0.2, 0) is 114 Å². The highest BCUT2D eigenvalue weighted by molar-refractivity contribution is 8.00. The number of hydrogen-bond donors (Lipinski definition) is 14. The molecule has 1 fully saturated rings. The van der Waals surface area contributed by atoms with Crippen molar-refractivity contribution in [2.45, 2.75) is 178 Å². The summed E-state index contributed by atoms with van der Waals surface area (Å²) < 4.78 is 0. The van der Waals surface area contributed by atoms with Crippen LogP contribution in [0.1, 0.15) is 107 Å². The summed E-state index contributed by atoms with van der Waals surface area (Å²) in [7, 11) is 6.35. The lowest BCUT2D eigenvalue weighted by Gasteiger charge is -2.37. The summed E-state index contributed by atoms with van der Waals surface area (Å²) in [6.45, 7) is 5.98. The number of amides is 15. The summed E-state index contributed by atoms with van der Waals surface area (Å²) in [6.07, 6.45) is -1.13. The van der Waals surface area contributed by atoms with Crippen molar-refractivity contribution in [3.63, 3.8) is 0 Å². The molecule has 1 saturated heterocycles. The highest BCUT2D eigenvalue weighted by Gasteiger charge is 2.42. The molecule has 15 N–H and O–H groups in total. The molecule has 0 spiro atoms. The van der Waals surface area contributed by atoms with Crippen LogP contribution >= 0.6 is 11.8 Å². The number of para-hydroxylation sites is 1. The maximum absolute atomic E-state index is 15.5. The van der Waals surface area contributed by atoms with Crippen molar-refractivity contribution in [3.8, 4) is 5.75 Å². The van der Waals surface area contributed by atoms with Gasteiger partial charge in [-0.25, -0.2) is 0 Å². The first-order valence-electron chi connectivity index (χ1n) is 41.5. The molecule has 0 bridgehead atoms. The number of carboxylic acid groups (broad SMARTS) is 2. The second-order valence-electron chi connectivity index (χ2n) is 32.1. The number of rotatable bonds is 24. The zero-order valence-corrected chi connectivity index (χ0v) is 73.2. The summed E-state index contributed by atoms with van der Waals surface area (Å²) in [5, 5.41) is 54.7. The molecule has 6 aromatic rings. The minimum atomic E-state index is -1.93. The Morgan fingerprint density at radius 3 is 1.52 bits per heavy atom. The number of primary amides is 1. The molecule has 5 aromatic carbocycles. The van der Waals surface area contributed by atoms with E-state index in [0.29, 0.717) is 51.6 Å². The molecular weight excluding hydrogens is 1650 g/mol. The number of likely N-dealkylation sites (N-methyl/N-ethyl adjacent to an activating group) is 5. The molecule has 37 heteroatoms. The smallest absolute Gasteiger partial charge is 0.305 e.